The molecule has 1 aromatic carbocycles. The Morgan fingerprint density at radius 1 is 1.30 bits per heavy atom. The molecule has 102 valence electrons. The maximum Gasteiger partial charge on any atom is 0.134 e. The van der Waals surface area contributed by atoms with Crippen molar-refractivity contribution in [2.45, 2.75) is 13.5 Å². The first-order chi connectivity index (χ1) is 9.76. The molecule has 0 aliphatic carbocycles. The second-order valence-electron chi connectivity index (χ2n) is 4.46. The smallest absolute Gasteiger partial charge is 0.134 e. The van der Waals surface area contributed by atoms with Gasteiger partial charge in [0.25, 0.3) is 0 Å². The molecule has 0 amide bonds. The number of nitrogens with zero attached hydrogens (tertiary/aromatic N) is 2. The molecule has 2 heterocycles. The van der Waals surface area contributed by atoms with Crippen molar-refractivity contribution in [2.75, 3.05) is 12.4 Å². The molecule has 0 radical (unpaired) electrons. The highest BCUT2D eigenvalue weighted by atomic mass is 32.1. The number of methoxy groups -OCH3 is 1. The average molecular weight is 285 g/mol. The SMILES string of the molecule is COc1ccc2ccnc(NCc3csc(C)n3)c2c1. The monoisotopic (exact) mass is 285 g/mol. The molecule has 3 aromatic rings. The molecule has 2 aromatic heterocycles. The van der Waals surface area contributed by atoms with Gasteiger partial charge in [-0.1, -0.05) is 6.07 Å². The molecule has 0 spiro atoms. The van der Waals surface area contributed by atoms with Crippen molar-refractivity contribution in [2.24, 2.45) is 0 Å². The minimum absolute atomic E-state index is 0.674. The van der Waals surface area contributed by atoms with Crippen molar-refractivity contribution in [3.05, 3.63) is 46.5 Å². The molecular weight excluding hydrogens is 270 g/mol. The summed E-state index contributed by atoms with van der Waals surface area (Å²) in [6.07, 6.45) is 1.81. The Kier molecular flexibility index (Phi) is 3.52. The van der Waals surface area contributed by atoms with Crippen molar-refractivity contribution < 1.29 is 4.74 Å². The molecule has 0 saturated carbocycles. The standard InChI is InChI=1S/C15H15N3OS/c1-10-18-12(9-20-10)8-17-15-14-7-13(19-2)4-3-11(14)5-6-16-15/h3-7,9H,8H2,1-2H3,(H,16,17). The first-order valence-electron chi connectivity index (χ1n) is 6.34. The Morgan fingerprint density at radius 2 is 2.20 bits per heavy atom. The van der Waals surface area contributed by atoms with Crippen LogP contribution in [-0.2, 0) is 6.54 Å². The molecule has 0 aliphatic heterocycles. The van der Waals surface area contributed by atoms with Gasteiger partial charge in [0.1, 0.15) is 11.6 Å². The van der Waals surface area contributed by atoms with Crippen LogP contribution < -0.4 is 10.1 Å². The number of hydrogen-bond acceptors (Lipinski definition) is 5. The maximum atomic E-state index is 5.28. The third-order valence-electron chi connectivity index (χ3n) is 3.08. The second kappa shape index (κ2) is 5.46. The van der Waals surface area contributed by atoms with Crippen molar-refractivity contribution >= 4 is 27.9 Å². The Labute approximate surface area is 121 Å². The van der Waals surface area contributed by atoms with E-state index < -0.39 is 0 Å². The van der Waals surface area contributed by atoms with E-state index in [9.17, 15) is 0 Å². The summed E-state index contributed by atoms with van der Waals surface area (Å²) in [5.41, 5.74) is 1.04. The number of fused-ring (bicyclic) bond motifs is 1. The lowest BCUT2D eigenvalue weighted by atomic mass is 10.1. The first kappa shape index (κ1) is 12.9. The van der Waals surface area contributed by atoms with Crippen LogP contribution in [0.2, 0.25) is 0 Å². The third-order valence-corrected chi connectivity index (χ3v) is 3.90. The fourth-order valence-corrected chi connectivity index (χ4v) is 2.69. The van der Waals surface area contributed by atoms with E-state index in [0.29, 0.717) is 6.54 Å². The van der Waals surface area contributed by atoms with E-state index in [0.717, 1.165) is 33.0 Å². The lowest BCUT2D eigenvalue weighted by Crippen LogP contribution is -2.02. The van der Waals surface area contributed by atoms with Crippen LogP contribution in [0, 0.1) is 6.92 Å². The number of hydrogen-bond donors (Lipinski definition) is 1. The van der Waals surface area contributed by atoms with E-state index >= 15 is 0 Å². The number of pyridine rings is 1. The normalized spacial score (nSPS) is 10.7. The molecule has 4 nitrogen and oxygen atoms in total. The second-order valence-corrected chi connectivity index (χ2v) is 5.52. The summed E-state index contributed by atoms with van der Waals surface area (Å²) in [7, 11) is 1.67. The maximum absolute atomic E-state index is 5.28. The van der Waals surface area contributed by atoms with Gasteiger partial charge in [-0.2, -0.15) is 0 Å². The van der Waals surface area contributed by atoms with Gasteiger partial charge in [-0.05, 0) is 30.5 Å². The van der Waals surface area contributed by atoms with Crippen LogP contribution in [0.5, 0.6) is 5.75 Å². The number of benzene rings is 1. The number of thiazole rings is 1. The minimum atomic E-state index is 0.674. The molecule has 0 unspecified atom stereocenters. The summed E-state index contributed by atoms with van der Waals surface area (Å²) in [6, 6.07) is 7.98. The van der Waals surface area contributed by atoms with E-state index in [-0.39, 0.29) is 0 Å². The van der Waals surface area contributed by atoms with Crippen LogP contribution in [0.15, 0.2) is 35.8 Å². The highest BCUT2D eigenvalue weighted by Gasteiger charge is 2.05. The van der Waals surface area contributed by atoms with Crippen molar-refractivity contribution in [1.82, 2.24) is 9.97 Å². The molecular formula is C15H15N3OS. The molecule has 0 fully saturated rings. The number of ether oxygens (including phenoxy) is 1. The molecule has 5 heteroatoms. The van der Waals surface area contributed by atoms with Gasteiger partial charge in [-0.3, -0.25) is 0 Å². The van der Waals surface area contributed by atoms with Gasteiger partial charge in [-0.15, -0.1) is 11.3 Å². The van der Waals surface area contributed by atoms with Gasteiger partial charge < -0.3 is 10.1 Å². The van der Waals surface area contributed by atoms with Crippen LogP contribution in [0.1, 0.15) is 10.7 Å². The van der Waals surface area contributed by atoms with Crippen molar-refractivity contribution in [3.8, 4) is 5.75 Å². The van der Waals surface area contributed by atoms with Gasteiger partial charge >= 0.3 is 0 Å². The summed E-state index contributed by atoms with van der Waals surface area (Å²) in [6.45, 7) is 2.68. The van der Waals surface area contributed by atoms with Gasteiger partial charge in [0.15, 0.2) is 0 Å². The predicted molar refractivity (Wildman–Crippen MR) is 82.5 cm³/mol. The number of anilines is 1. The Bertz CT molecular complexity index is 739. The van der Waals surface area contributed by atoms with E-state index in [2.05, 4.69) is 20.7 Å². The summed E-state index contributed by atoms with van der Waals surface area (Å²) in [4.78, 5) is 8.86. The lowest BCUT2D eigenvalue weighted by molar-refractivity contribution is 0.415. The van der Waals surface area contributed by atoms with Crippen LogP contribution in [-0.4, -0.2) is 17.1 Å². The number of aromatic nitrogens is 2. The van der Waals surface area contributed by atoms with Gasteiger partial charge in [0.2, 0.25) is 0 Å². The molecule has 0 bridgehead atoms. The molecule has 0 atom stereocenters. The van der Waals surface area contributed by atoms with Crippen LogP contribution >= 0.6 is 11.3 Å². The zero-order valence-corrected chi connectivity index (χ0v) is 12.2. The highest BCUT2D eigenvalue weighted by molar-refractivity contribution is 7.09. The number of nitrogens with one attached hydrogen (secondary N) is 1. The summed E-state index contributed by atoms with van der Waals surface area (Å²) < 4.78 is 5.28. The molecule has 3 rings (SSSR count). The van der Waals surface area contributed by atoms with Gasteiger partial charge in [0, 0.05) is 17.0 Å². The minimum Gasteiger partial charge on any atom is -0.497 e. The van der Waals surface area contributed by atoms with Crippen molar-refractivity contribution in [1.29, 1.82) is 0 Å². The van der Waals surface area contributed by atoms with Gasteiger partial charge in [0.05, 0.1) is 24.4 Å². The van der Waals surface area contributed by atoms with Crippen LogP contribution in [0.3, 0.4) is 0 Å². The molecule has 20 heavy (non-hydrogen) atoms. The Balaban J connectivity index is 1.90. The quantitative estimate of drug-likeness (QED) is 0.795. The van der Waals surface area contributed by atoms with Gasteiger partial charge in [-0.25, -0.2) is 9.97 Å². The molecule has 0 saturated heterocycles. The largest absolute Gasteiger partial charge is 0.497 e. The van der Waals surface area contributed by atoms with E-state index in [1.165, 1.54) is 0 Å². The first-order valence-corrected chi connectivity index (χ1v) is 7.22. The summed E-state index contributed by atoms with van der Waals surface area (Å²) in [5.74, 6) is 1.69. The third kappa shape index (κ3) is 2.58. The van der Waals surface area contributed by atoms with Crippen molar-refractivity contribution in [3.63, 3.8) is 0 Å². The fraction of sp³-hybridized carbons (Fsp3) is 0.200. The fourth-order valence-electron chi connectivity index (χ4n) is 2.08. The number of aryl methyl sites for hydroxylation is 1. The van der Waals surface area contributed by atoms with E-state index in [1.807, 2.05) is 37.4 Å². The Morgan fingerprint density at radius 3 is 2.95 bits per heavy atom. The Hall–Kier alpha value is -2.14. The number of rotatable bonds is 4. The van der Waals surface area contributed by atoms with E-state index in [1.54, 1.807) is 18.4 Å². The van der Waals surface area contributed by atoms with Crippen LogP contribution in [0.4, 0.5) is 5.82 Å². The zero-order valence-electron chi connectivity index (χ0n) is 11.4. The summed E-state index contributed by atoms with van der Waals surface area (Å²) in [5, 5.41) is 8.68. The lowest BCUT2D eigenvalue weighted by Gasteiger charge is -2.09. The predicted octanol–water partition coefficient (Wildman–Crippen LogP) is 3.62. The molecule has 1 N–H and O–H groups in total. The molecule has 0 aliphatic rings. The topological polar surface area (TPSA) is 47.0 Å². The van der Waals surface area contributed by atoms with E-state index in [4.69, 9.17) is 4.74 Å². The average Bonchev–Trinajstić information content (AvgIpc) is 2.90. The summed E-state index contributed by atoms with van der Waals surface area (Å²) >= 11 is 1.66. The zero-order chi connectivity index (χ0) is 13.9. The highest BCUT2D eigenvalue weighted by Crippen LogP contribution is 2.26. The van der Waals surface area contributed by atoms with Crippen LogP contribution in [0.25, 0.3) is 10.8 Å².